The van der Waals surface area contributed by atoms with E-state index in [4.69, 9.17) is 4.74 Å². The second-order valence-corrected chi connectivity index (χ2v) is 20.7. The number of unbranched alkanes of at least 4 members (excludes halogenated alkanes) is 39. The van der Waals surface area contributed by atoms with Gasteiger partial charge in [0.1, 0.15) is 0 Å². The number of nitrogens with one attached hydrogen (secondary N) is 1. The van der Waals surface area contributed by atoms with Gasteiger partial charge in [-0.05, 0) is 83.5 Å². The number of ether oxygens (including phenoxy) is 1. The zero-order valence-corrected chi connectivity index (χ0v) is 45.6. The molecule has 0 aromatic rings. The average Bonchev–Trinajstić information content (AvgIpc) is 3.34. The van der Waals surface area contributed by atoms with E-state index in [0.29, 0.717) is 25.9 Å². The zero-order chi connectivity index (χ0) is 49.3. The van der Waals surface area contributed by atoms with Crippen molar-refractivity contribution in [1.82, 2.24) is 5.32 Å². The van der Waals surface area contributed by atoms with Gasteiger partial charge >= 0.3 is 5.97 Å². The van der Waals surface area contributed by atoms with Crippen molar-refractivity contribution in [2.45, 2.75) is 334 Å². The fraction of sp³-hybridized carbons (Fsp3) is 0.871. The normalized spacial score (nSPS) is 12.8. The van der Waals surface area contributed by atoms with E-state index in [0.717, 1.165) is 64.2 Å². The van der Waals surface area contributed by atoms with Crippen LogP contribution in [0.4, 0.5) is 0 Å². The number of allylic oxidation sites excluding steroid dienone is 6. The molecule has 2 atom stereocenters. The first kappa shape index (κ1) is 66.1. The second-order valence-electron chi connectivity index (χ2n) is 20.7. The van der Waals surface area contributed by atoms with E-state index in [1.54, 1.807) is 0 Å². The summed E-state index contributed by atoms with van der Waals surface area (Å²) in [5.74, 6) is -0.0550. The molecular formula is C62H117NO5. The Bertz CT molecular complexity index is 1100. The molecule has 0 aliphatic carbocycles. The minimum atomic E-state index is -0.673. The predicted octanol–water partition coefficient (Wildman–Crippen LogP) is 18.8. The number of amides is 1. The van der Waals surface area contributed by atoms with Crippen molar-refractivity contribution in [1.29, 1.82) is 0 Å². The molecule has 6 nitrogen and oxygen atoms in total. The third-order valence-corrected chi connectivity index (χ3v) is 13.9. The van der Waals surface area contributed by atoms with E-state index in [2.05, 4.69) is 55.6 Å². The minimum absolute atomic E-state index is 0.00937. The summed E-state index contributed by atoms with van der Waals surface area (Å²) in [5, 5.41) is 23.3. The van der Waals surface area contributed by atoms with Gasteiger partial charge in [0, 0.05) is 12.8 Å². The molecule has 1 amide bonds. The molecule has 0 radical (unpaired) electrons. The Hall–Kier alpha value is -1.92. The van der Waals surface area contributed by atoms with Gasteiger partial charge in [0.05, 0.1) is 25.4 Å². The third kappa shape index (κ3) is 53.4. The van der Waals surface area contributed by atoms with Crippen LogP contribution in [0.3, 0.4) is 0 Å². The molecule has 400 valence electrons. The van der Waals surface area contributed by atoms with E-state index in [9.17, 15) is 19.8 Å². The van der Waals surface area contributed by atoms with Crippen LogP contribution in [0, 0.1) is 0 Å². The van der Waals surface area contributed by atoms with Gasteiger partial charge in [-0.25, -0.2) is 0 Å². The molecule has 2 unspecified atom stereocenters. The first-order chi connectivity index (χ1) is 33.5. The fourth-order valence-corrected chi connectivity index (χ4v) is 9.25. The summed E-state index contributed by atoms with van der Waals surface area (Å²) >= 11 is 0. The van der Waals surface area contributed by atoms with E-state index < -0.39 is 12.1 Å². The molecule has 0 aliphatic rings. The van der Waals surface area contributed by atoms with Crippen molar-refractivity contribution in [3.63, 3.8) is 0 Å². The Balaban J connectivity index is 3.46. The number of aliphatic hydroxyl groups is 2. The molecule has 0 heterocycles. The maximum Gasteiger partial charge on any atom is 0.305 e. The molecule has 0 fully saturated rings. The monoisotopic (exact) mass is 956 g/mol. The van der Waals surface area contributed by atoms with Gasteiger partial charge in [-0.15, -0.1) is 0 Å². The van der Waals surface area contributed by atoms with Crippen molar-refractivity contribution in [3.8, 4) is 0 Å². The first-order valence-electron chi connectivity index (χ1n) is 30.2. The van der Waals surface area contributed by atoms with E-state index >= 15 is 0 Å². The Morgan fingerprint density at radius 1 is 0.412 bits per heavy atom. The molecule has 0 rings (SSSR count). The highest BCUT2D eigenvalue weighted by Gasteiger charge is 2.20. The highest BCUT2D eigenvalue weighted by molar-refractivity contribution is 5.76. The molecule has 0 aromatic heterocycles. The van der Waals surface area contributed by atoms with Crippen LogP contribution in [0.1, 0.15) is 322 Å². The van der Waals surface area contributed by atoms with Crippen molar-refractivity contribution in [3.05, 3.63) is 36.5 Å². The molecule has 0 bridgehead atoms. The molecule has 0 aliphatic heterocycles. The topological polar surface area (TPSA) is 95.9 Å². The first-order valence-corrected chi connectivity index (χ1v) is 30.2. The zero-order valence-electron chi connectivity index (χ0n) is 45.6. The summed E-state index contributed by atoms with van der Waals surface area (Å²) in [7, 11) is 0. The molecule has 0 aromatic carbocycles. The van der Waals surface area contributed by atoms with Crippen LogP contribution >= 0.6 is 0 Å². The second kappa shape index (κ2) is 57.7. The van der Waals surface area contributed by atoms with Crippen LogP contribution in [-0.4, -0.2) is 47.4 Å². The summed E-state index contributed by atoms with van der Waals surface area (Å²) in [4.78, 5) is 24.6. The van der Waals surface area contributed by atoms with Crippen molar-refractivity contribution in [2.75, 3.05) is 13.2 Å². The SMILES string of the molecule is CCCCC/C=C\C/C=C\CCCCCCCCCC(=O)OCCCCCCCC/C=C\CCCCCCCCCC(=O)NC(CO)C(O)CCCCCCCCCCCCCCCCCCC. The Kier molecular flexibility index (Phi) is 56.0. The number of rotatable bonds is 56. The molecular weight excluding hydrogens is 839 g/mol. The molecule has 0 saturated heterocycles. The van der Waals surface area contributed by atoms with Gasteiger partial charge in [-0.1, -0.05) is 262 Å². The van der Waals surface area contributed by atoms with Gasteiger partial charge in [-0.2, -0.15) is 0 Å². The summed E-state index contributed by atoms with van der Waals surface area (Å²) in [6.45, 7) is 4.92. The lowest BCUT2D eigenvalue weighted by Crippen LogP contribution is -2.45. The lowest BCUT2D eigenvalue weighted by molar-refractivity contribution is -0.143. The van der Waals surface area contributed by atoms with Crippen LogP contribution in [0.2, 0.25) is 0 Å². The maximum atomic E-state index is 12.5. The number of carbonyl (C=O) groups is 2. The highest BCUT2D eigenvalue weighted by atomic mass is 16.5. The van der Waals surface area contributed by atoms with Crippen LogP contribution in [-0.2, 0) is 14.3 Å². The standard InChI is InChI=1S/C62H117NO5/c1-3-5-7-9-11-13-15-17-19-22-26-30-34-38-42-46-50-54-60(65)59(58-64)63-61(66)55-51-47-43-39-35-31-27-24-21-25-29-33-37-41-45-49-53-57-68-62(67)56-52-48-44-40-36-32-28-23-20-18-16-14-12-10-8-6-4-2/h12,14,18,20-21,25,59-60,64-65H,3-11,13,15-17,19,22-24,26-58H2,1-2H3,(H,63,66)/b14-12-,20-18-,25-21-. The quantitative estimate of drug-likeness (QED) is 0.0321. The van der Waals surface area contributed by atoms with Crippen LogP contribution in [0.15, 0.2) is 36.5 Å². The van der Waals surface area contributed by atoms with Crippen LogP contribution in [0.5, 0.6) is 0 Å². The largest absolute Gasteiger partial charge is 0.466 e. The predicted molar refractivity (Wildman–Crippen MR) is 296 cm³/mol. The van der Waals surface area contributed by atoms with Crippen molar-refractivity contribution in [2.24, 2.45) is 0 Å². The third-order valence-electron chi connectivity index (χ3n) is 13.9. The van der Waals surface area contributed by atoms with Gasteiger partial charge < -0.3 is 20.3 Å². The molecule has 0 saturated carbocycles. The van der Waals surface area contributed by atoms with Crippen molar-refractivity contribution < 1.29 is 24.5 Å². The Morgan fingerprint density at radius 2 is 0.735 bits per heavy atom. The lowest BCUT2D eigenvalue weighted by Gasteiger charge is -2.22. The molecule has 3 N–H and O–H groups in total. The molecule has 68 heavy (non-hydrogen) atoms. The Labute approximate surface area is 424 Å². The Morgan fingerprint density at radius 3 is 1.16 bits per heavy atom. The number of hydrogen-bond donors (Lipinski definition) is 3. The van der Waals surface area contributed by atoms with E-state index in [-0.39, 0.29) is 18.5 Å². The lowest BCUT2D eigenvalue weighted by atomic mass is 10.0. The van der Waals surface area contributed by atoms with Crippen LogP contribution < -0.4 is 5.32 Å². The van der Waals surface area contributed by atoms with E-state index in [1.807, 2.05) is 0 Å². The number of hydrogen-bond acceptors (Lipinski definition) is 5. The smallest absolute Gasteiger partial charge is 0.305 e. The number of aliphatic hydroxyl groups excluding tert-OH is 2. The van der Waals surface area contributed by atoms with Crippen LogP contribution in [0.25, 0.3) is 0 Å². The molecule has 0 spiro atoms. The van der Waals surface area contributed by atoms with Gasteiger partial charge in [-0.3, -0.25) is 9.59 Å². The fourth-order valence-electron chi connectivity index (χ4n) is 9.25. The van der Waals surface area contributed by atoms with Gasteiger partial charge in [0.25, 0.3) is 0 Å². The van der Waals surface area contributed by atoms with Gasteiger partial charge in [0.15, 0.2) is 0 Å². The number of esters is 1. The van der Waals surface area contributed by atoms with Crippen molar-refractivity contribution >= 4 is 11.9 Å². The maximum absolute atomic E-state index is 12.5. The summed E-state index contributed by atoms with van der Waals surface area (Å²) < 4.78 is 5.48. The molecule has 6 heteroatoms. The van der Waals surface area contributed by atoms with Gasteiger partial charge in [0.2, 0.25) is 5.91 Å². The summed E-state index contributed by atoms with van der Waals surface area (Å²) in [5.41, 5.74) is 0. The van der Waals surface area contributed by atoms with E-state index in [1.165, 1.54) is 225 Å². The highest BCUT2D eigenvalue weighted by Crippen LogP contribution is 2.17. The average molecular weight is 957 g/mol. The summed E-state index contributed by atoms with van der Waals surface area (Å²) in [6.07, 6.45) is 71.3. The summed E-state index contributed by atoms with van der Waals surface area (Å²) in [6, 6.07) is -0.551. The number of carbonyl (C=O) groups excluding carboxylic acids is 2. The minimum Gasteiger partial charge on any atom is -0.466 e.